The van der Waals surface area contributed by atoms with Gasteiger partial charge in [-0.2, -0.15) is 35.3 Å². The van der Waals surface area contributed by atoms with Crippen LogP contribution in [0.2, 0.25) is 0 Å². The molecule has 0 saturated heterocycles. The van der Waals surface area contributed by atoms with Gasteiger partial charge in [0.05, 0.1) is 12.5 Å². The van der Waals surface area contributed by atoms with Crippen molar-refractivity contribution >= 4 is 47.0 Å². The molecule has 0 spiro atoms. The predicted octanol–water partition coefficient (Wildman–Crippen LogP) is 4.08. The Morgan fingerprint density at radius 1 is 0.909 bits per heavy atom. The van der Waals surface area contributed by atoms with E-state index in [1.807, 2.05) is 23.5 Å². The van der Waals surface area contributed by atoms with Crippen LogP contribution in [0.25, 0.3) is 0 Å². The molecule has 1 aromatic rings. The van der Waals surface area contributed by atoms with E-state index in [4.69, 9.17) is 10.2 Å². The molecule has 1 aromatic carbocycles. The van der Waals surface area contributed by atoms with Crippen LogP contribution in [0.3, 0.4) is 0 Å². The van der Waals surface area contributed by atoms with Gasteiger partial charge in [0.25, 0.3) is 0 Å². The lowest BCUT2D eigenvalue weighted by Gasteiger charge is -2.10. The molecule has 0 aromatic heterocycles. The van der Waals surface area contributed by atoms with Crippen LogP contribution in [0.1, 0.15) is 11.1 Å². The van der Waals surface area contributed by atoms with E-state index in [0.717, 1.165) is 39.4 Å². The highest BCUT2D eigenvalue weighted by Crippen LogP contribution is 2.24. The molecule has 0 radical (unpaired) electrons. The summed E-state index contributed by atoms with van der Waals surface area (Å²) in [6.07, 6.45) is 0. The Bertz CT molecular complexity index is 426. The molecule has 1 rings (SSSR count). The monoisotopic (exact) mass is 376 g/mol. The van der Waals surface area contributed by atoms with Crippen molar-refractivity contribution in [3.8, 4) is 0 Å². The van der Waals surface area contributed by atoms with Crippen LogP contribution in [-0.4, -0.2) is 45.8 Å². The van der Waals surface area contributed by atoms with Gasteiger partial charge in [-0.3, -0.25) is 0 Å². The maximum Gasteiger partial charge on any atom is 0.0929 e. The van der Waals surface area contributed by atoms with Crippen molar-refractivity contribution in [2.75, 3.05) is 35.6 Å². The lowest BCUT2D eigenvalue weighted by Crippen LogP contribution is -1.94. The molecule has 2 N–H and O–H groups in total. The van der Waals surface area contributed by atoms with E-state index >= 15 is 0 Å². The van der Waals surface area contributed by atoms with Crippen molar-refractivity contribution in [3.05, 3.63) is 46.9 Å². The van der Waals surface area contributed by atoms with Gasteiger partial charge in [0.1, 0.15) is 0 Å². The first-order valence-corrected chi connectivity index (χ1v) is 11.5. The number of rotatable bonds is 13. The highest BCUT2D eigenvalue weighted by Gasteiger charge is 2.03. The number of aliphatic hydroxyl groups excluding tert-OH is 2. The Labute approximate surface area is 150 Å². The van der Waals surface area contributed by atoms with Crippen molar-refractivity contribution in [1.29, 1.82) is 0 Å². The van der Waals surface area contributed by atoms with Crippen molar-refractivity contribution in [1.82, 2.24) is 0 Å². The van der Waals surface area contributed by atoms with E-state index in [2.05, 4.69) is 30.8 Å². The summed E-state index contributed by atoms with van der Waals surface area (Å²) in [5.74, 6) is 6.08. The van der Waals surface area contributed by atoms with Crippen molar-refractivity contribution in [3.63, 3.8) is 0 Å². The molecule has 0 amide bonds. The summed E-state index contributed by atoms with van der Waals surface area (Å²) in [6.45, 7) is 4.21. The van der Waals surface area contributed by atoms with Crippen molar-refractivity contribution < 1.29 is 10.2 Å². The van der Waals surface area contributed by atoms with Gasteiger partial charge in [-0.15, -0.1) is 11.8 Å². The van der Waals surface area contributed by atoms with Gasteiger partial charge in [0.2, 0.25) is 0 Å². The third-order valence-electron chi connectivity index (χ3n) is 2.77. The molecule has 6 heteroatoms. The van der Waals surface area contributed by atoms with Gasteiger partial charge in [-0.1, -0.05) is 30.8 Å². The summed E-state index contributed by atoms with van der Waals surface area (Å²) in [4.78, 5) is 1.03. The first-order valence-electron chi connectivity index (χ1n) is 7.10. The number of hydrogen-bond donors (Lipinski definition) is 2. The first kappa shape index (κ1) is 20.3. The number of benzene rings is 1. The molecule has 0 saturated carbocycles. The Morgan fingerprint density at radius 2 is 1.55 bits per heavy atom. The summed E-state index contributed by atoms with van der Waals surface area (Å²) in [5, 5.41) is 17.6. The fraction of sp³-hybridized carbons (Fsp3) is 0.500. The summed E-state index contributed by atoms with van der Waals surface area (Å²) in [6, 6.07) is 8.61. The molecule has 0 unspecified atom stereocenters. The maximum atomic E-state index is 8.85. The summed E-state index contributed by atoms with van der Waals surface area (Å²) in [7, 11) is 0. The third-order valence-corrected chi connectivity index (χ3v) is 6.94. The fourth-order valence-electron chi connectivity index (χ4n) is 1.71. The average molecular weight is 377 g/mol. The van der Waals surface area contributed by atoms with E-state index in [-0.39, 0.29) is 12.5 Å². The average Bonchev–Trinajstić information content (AvgIpc) is 2.52. The maximum absolute atomic E-state index is 8.85. The molecular weight excluding hydrogens is 352 g/mol. The van der Waals surface area contributed by atoms with Gasteiger partial charge in [0, 0.05) is 34.5 Å². The van der Waals surface area contributed by atoms with Crippen molar-refractivity contribution in [2.45, 2.75) is 11.5 Å². The predicted molar refractivity (Wildman–Crippen MR) is 107 cm³/mol. The molecule has 0 heterocycles. The summed E-state index contributed by atoms with van der Waals surface area (Å²) >= 11 is 7.02. The van der Waals surface area contributed by atoms with E-state index in [1.54, 1.807) is 11.8 Å². The molecule has 0 atom stereocenters. The van der Waals surface area contributed by atoms with E-state index in [0.29, 0.717) is 0 Å². The zero-order valence-corrected chi connectivity index (χ0v) is 16.0. The van der Waals surface area contributed by atoms with Gasteiger partial charge in [0.15, 0.2) is 0 Å². The highest BCUT2D eigenvalue weighted by atomic mass is 32.2. The summed E-state index contributed by atoms with van der Waals surface area (Å²) < 4.78 is 0. The third kappa shape index (κ3) is 9.43. The summed E-state index contributed by atoms with van der Waals surface area (Å²) in [5.41, 5.74) is 2.80. The van der Waals surface area contributed by atoms with Gasteiger partial charge >= 0.3 is 0 Å². The molecular formula is C16H24O2S4. The fourth-order valence-corrected chi connectivity index (χ4v) is 5.23. The molecule has 0 aliphatic rings. The van der Waals surface area contributed by atoms with Gasteiger partial charge in [-0.05, 0) is 16.0 Å². The van der Waals surface area contributed by atoms with Crippen LogP contribution in [-0.2, 0) is 11.5 Å². The Kier molecular flexibility index (Phi) is 12.7. The molecule has 2 nitrogen and oxygen atoms in total. The van der Waals surface area contributed by atoms with E-state index in [1.165, 1.54) is 22.9 Å². The molecule has 22 heavy (non-hydrogen) atoms. The zero-order chi connectivity index (χ0) is 16.0. The molecule has 0 bridgehead atoms. The van der Waals surface area contributed by atoms with Crippen LogP contribution >= 0.6 is 47.0 Å². The molecule has 124 valence electrons. The number of thioether (sulfide) groups is 4. The van der Waals surface area contributed by atoms with Crippen LogP contribution in [0, 0.1) is 0 Å². The SMILES string of the molecule is C=C(CSCc1ccccc1CSCCSCCO)SCO. The quantitative estimate of drug-likeness (QED) is 0.399. The minimum absolute atomic E-state index is 0.112. The molecule has 0 fully saturated rings. The van der Waals surface area contributed by atoms with Crippen LogP contribution < -0.4 is 0 Å². The standard InChI is InChI=1S/C16H24O2S4/c1-14(22-13-18)10-21-12-16-5-3-2-4-15(16)11-20-9-8-19-7-6-17/h2-5,17-18H,1,6-13H2. The van der Waals surface area contributed by atoms with Crippen LogP contribution in [0.5, 0.6) is 0 Å². The zero-order valence-electron chi connectivity index (χ0n) is 12.7. The number of aliphatic hydroxyl groups is 2. The van der Waals surface area contributed by atoms with E-state index in [9.17, 15) is 0 Å². The normalized spacial score (nSPS) is 10.8. The Hall–Kier alpha value is 0.280. The lowest BCUT2D eigenvalue weighted by atomic mass is 10.1. The smallest absolute Gasteiger partial charge is 0.0929 e. The van der Waals surface area contributed by atoms with E-state index < -0.39 is 0 Å². The second-order valence-electron chi connectivity index (χ2n) is 4.46. The van der Waals surface area contributed by atoms with Crippen LogP contribution in [0.4, 0.5) is 0 Å². The minimum Gasteiger partial charge on any atom is -0.396 e. The second-order valence-corrected chi connectivity index (χ2v) is 8.90. The molecule has 0 aliphatic carbocycles. The molecule has 0 aliphatic heterocycles. The highest BCUT2D eigenvalue weighted by molar-refractivity contribution is 8.05. The topological polar surface area (TPSA) is 40.5 Å². The lowest BCUT2D eigenvalue weighted by molar-refractivity contribution is 0.322. The second kappa shape index (κ2) is 13.7. The van der Waals surface area contributed by atoms with Gasteiger partial charge in [-0.25, -0.2) is 0 Å². The van der Waals surface area contributed by atoms with Crippen molar-refractivity contribution in [2.24, 2.45) is 0 Å². The Balaban J connectivity index is 2.30. The first-order chi connectivity index (χ1) is 10.8. The minimum atomic E-state index is 0.112. The van der Waals surface area contributed by atoms with Crippen LogP contribution in [0.15, 0.2) is 35.7 Å². The number of hydrogen-bond acceptors (Lipinski definition) is 6. The van der Waals surface area contributed by atoms with Gasteiger partial charge < -0.3 is 10.2 Å². The largest absolute Gasteiger partial charge is 0.396 e. The Morgan fingerprint density at radius 3 is 2.18 bits per heavy atom.